The minimum Gasteiger partial charge on any atom is -0.508 e. The van der Waals surface area contributed by atoms with Crippen molar-refractivity contribution in [2.45, 2.75) is 201 Å². The standard InChI is InChI=1S/C73H90N10O26/c1-28(2)18-40(77-7)64(94)82-54-56(89)31-8-13-36(14-9-31)104-44-20-34-21-45(60(44)109-71-61(58(91)57(90)46(27-84)106-71)108-49-26-73(6,76)63(93)30(4)103-49)105-37-15-10-32(11-16-37)59(107-48-25-72(5,75)62(92)29(3)102-48)55-69(99)81-53(70(100)101)39-22-35(85)23-43(87)50(39)38-19-33(12-17-42(38)86)51(66(96)83-55)80-67(97)52(34)79-65(95)41(24-47(74)88)78-68(54)98/h8-17,19-23,28-30,40-41,46,48-49,51-59,61-63,71,77,84-87,89-93H,18,24-27,75-76H2,1-7H3,(H2,74,88)(H,78,98)(H,79,95)(H,80,97)(H,81,99)(H,82,94)(H,83,96)(H,100,101)/t29-,30+,40-,41-,46-,48-,49+,51+,52+,53?,54+,55?,56+,57-,58-,59-,61-,62+,63+,71+,72-,73+/m0/s1. The lowest BCUT2D eigenvalue weighted by Gasteiger charge is -2.47. The highest BCUT2D eigenvalue weighted by Crippen LogP contribution is 2.49. The van der Waals surface area contributed by atoms with E-state index < -0.39 is 250 Å². The highest BCUT2D eigenvalue weighted by atomic mass is 16.8. The molecule has 7 amide bonds. The number of amides is 7. The van der Waals surface area contributed by atoms with Crippen molar-refractivity contribution >= 4 is 47.3 Å². The van der Waals surface area contributed by atoms with E-state index in [1.165, 1.54) is 83.3 Å². The van der Waals surface area contributed by atoms with Gasteiger partial charge in [0, 0.05) is 46.7 Å². The molecule has 0 radical (unpaired) electrons. The number of fused-ring (bicyclic) bond motifs is 15. The molecular formula is C73H90N10O26. The van der Waals surface area contributed by atoms with Crippen molar-refractivity contribution in [3.63, 3.8) is 0 Å². The fourth-order valence-electron chi connectivity index (χ4n) is 14.2. The van der Waals surface area contributed by atoms with Crippen molar-refractivity contribution in [1.82, 2.24) is 37.2 Å². The smallest absolute Gasteiger partial charge is 0.330 e. The molecular weight excluding hydrogens is 1430 g/mol. The molecule has 11 bridgehead atoms. The van der Waals surface area contributed by atoms with Gasteiger partial charge in [-0.15, -0.1) is 0 Å². The maximum atomic E-state index is 16.3. The molecule has 8 aliphatic rings. The molecule has 0 saturated carbocycles. The van der Waals surface area contributed by atoms with Gasteiger partial charge < -0.3 is 143 Å². The van der Waals surface area contributed by atoms with Crippen molar-refractivity contribution < 1.29 is 127 Å². The summed E-state index contributed by atoms with van der Waals surface area (Å²) in [5.41, 5.74) is 13.8. The van der Waals surface area contributed by atoms with E-state index >= 15 is 19.2 Å². The van der Waals surface area contributed by atoms with Crippen molar-refractivity contribution in [3.05, 3.63) is 119 Å². The van der Waals surface area contributed by atoms with Gasteiger partial charge in [0.15, 0.2) is 36.2 Å². The number of aliphatic carboxylic acids is 1. The summed E-state index contributed by atoms with van der Waals surface area (Å²) in [5, 5.41) is 132. The summed E-state index contributed by atoms with van der Waals surface area (Å²) < 4.78 is 51.7. The first kappa shape index (κ1) is 80.1. The van der Waals surface area contributed by atoms with Gasteiger partial charge in [0.1, 0.15) is 89.5 Å². The van der Waals surface area contributed by atoms with Crippen LogP contribution in [0, 0.1) is 5.92 Å². The molecule has 22 atom stereocenters. The summed E-state index contributed by atoms with van der Waals surface area (Å²) in [4.78, 5) is 119. The number of primary amides is 1. The molecule has 8 aliphatic heterocycles. The molecule has 0 aliphatic carbocycles. The van der Waals surface area contributed by atoms with Gasteiger partial charge in [0.25, 0.3) is 0 Å². The molecule has 36 nitrogen and oxygen atoms in total. The number of nitrogens with two attached hydrogens (primary N) is 3. The zero-order chi connectivity index (χ0) is 79.2. The number of carboxylic acids is 1. The summed E-state index contributed by atoms with van der Waals surface area (Å²) in [6.45, 7) is 8.73. The average Bonchev–Trinajstić information content (AvgIpc) is 0.766. The van der Waals surface area contributed by atoms with Gasteiger partial charge in [0.05, 0.1) is 43.5 Å². The Morgan fingerprint density at radius 1 is 0.651 bits per heavy atom. The fourth-order valence-corrected chi connectivity index (χ4v) is 14.2. The summed E-state index contributed by atoms with van der Waals surface area (Å²) >= 11 is 0. The predicted octanol–water partition coefficient (Wildman–Crippen LogP) is -0.963. The fraction of sp³-hybridized carbons (Fsp3) is 0.479. The van der Waals surface area contributed by atoms with Gasteiger partial charge in [-0.25, -0.2) is 4.79 Å². The third kappa shape index (κ3) is 17.3. The first-order chi connectivity index (χ1) is 51.4. The Labute approximate surface area is 622 Å². The number of carboxylic acid groups (broad SMARTS) is 1. The van der Waals surface area contributed by atoms with Crippen LogP contribution in [0.2, 0.25) is 0 Å². The second-order valence-corrected chi connectivity index (χ2v) is 29.0. The second kappa shape index (κ2) is 32.3. The van der Waals surface area contributed by atoms with E-state index in [1.54, 1.807) is 0 Å². The van der Waals surface area contributed by atoms with Gasteiger partial charge in [0.2, 0.25) is 53.4 Å². The van der Waals surface area contributed by atoms with Crippen LogP contribution >= 0.6 is 0 Å². The summed E-state index contributed by atoms with van der Waals surface area (Å²) in [6, 6.07) is 3.50. The summed E-state index contributed by atoms with van der Waals surface area (Å²) in [6.07, 6.45) is -22.0. The number of aliphatic hydroxyl groups is 6. The van der Waals surface area contributed by atoms with Crippen LogP contribution in [-0.2, 0) is 62.0 Å². The third-order valence-electron chi connectivity index (χ3n) is 20.0. The molecule has 588 valence electrons. The number of carbonyl (C=O) groups excluding carboxylic acids is 7. The molecule has 23 N–H and O–H groups in total. The van der Waals surface area contributed by atoms with Crippen LogP contribution in [0.15, 0.2) is 91.0 Å². The average molecular weight is 1520 g/mol. The van der Waals surface area contributed by atoms with Crippen molar-refractivity contribution in [3.8, 4) is 57.1 Å². The number of aromatic hydroxyl groups is 3. The molecule has 5 aromatic rings. The number of phenols is 3. The molecule has 36 heteroatoms. The first-order valence-electron chi connectivity index (χ1n) is 35.1. The summed E-state index contributed by atoms with van der Waals surface area (Å²) in [5.74, 6) is -14.9. The maximum absolute atomic E-state index is 16.3. The molecule has 2 unspecified atom stereocenters. The number of benzene rings is 5. The molecule has 0 aromatic heterocycles. The van der Waals surface area contributed by atoms with Gasteiger partial charge >= 0.3 is 5.97 Å². The van der Waals surface area contributed by atoms with Gasteiger partial charge in [-0.05, 0) is 124 Å². The normalized spacial score (nSPS) is 32.4. The van der Waals surface area contributed by atoms with E-state index in [0.29, 0.717) is 0 Å². The maximum Gasteiger partial charge on any atom is 0.330 e. The lowest BCUT2D eigenvalue weighted by Crippen LogP contribution is -2.64. The number of nitrogens with one attached hydrogen (secondary N) is 7. The van der Waals surface area contributed by atoms with Crippen molar-refractivity contribution in [2.24, 2.45) is 23.1 Å². The lowest BCUT2D eigenvalue weighted by molar-refractivity contribution is -0.333. The molecule has 0 spiro atoms. The molecule has 8 heterocycles. The molecule has 13 rings (SSSR count). The molecule has 5 aromatic carbocycles. The number of hydrogen-bond acceptors (Lipinski definition) is 28. The molecule has 109 heavy (non-hydrogen) atoms. The Kier molecular flexibility index (Phi) is 23.8. The van der Waals surface area contributed by atoms with Crippen LogP contribution in [0.4, 0.5) is 0 Å². The van der Waals surface area contributed by atoms with Crippen LogP contribution in [0.1, 0.15) is 125 Å². The van der Waals surface area contributed by atoms with Crippen LogP contribution in [-0.4, -0.2) is 215 Å². The number of phenolic OH excluding ortho intramolecular Hbond substituents is 3. The van der Waals surface area contributed by atoms with Gasteiger partial charge in [-0.1, -0.05) is 44.2 Å². The van der Waals surface area contributed by atoms with E-state index in [0.717, 1.165) is 42.5 Å². The molecule has 3 fully saturated rings. The minimum atomic E-state index is -2.31. The van der Waals surface area contributed by atoms with E-state index in [-0.39, 0.29) is 53.4 Å². The Bertz CT molecular complexity index is 4260. The van der Waals surface area contributed by atoms with E-state index in [2.05, 4.69) is 37.2 Å². The topological polar surface area (TPSA) is 575 Å². The number of likely N-dealkylation sites (N-methyl/N-ethyl adjacent to an activating group) is 1. The van der Waals surface area contributed by atoms with Gasteiger partial charge in [-0.2, -0.15) is 0 Å². The minimum absolute atomic E-state index is 0.0277. The van der Waals surface area contributed by atoms with Crippen molar-refractivity contribution in [2.75, 3.05) is 13.7 Å². The van der Waals surface area contributed by atoms with E-state index in [9.17, 15) is 70.2 Å². The number of hydrogen-bond donors (Lipinski definition) is 20. The Balaban J connectivity index is 1.17. The highest BCUT2D eigenvalue weighted by Gasteiger charge is 2.52. The summed E-state index contributed by atoms with van der Waals surface area (Å²) in [7, 11) is 1.49. The van der Waals surface area contributed by atoms with Crippen LogP contribution < -0.4 is 68.6 Å². The quantitative estimate of drug-likeness (QED) is 0.0600. The zero-order valence-electron chi connectivity index (χ0n) is 60.1. The number of ether oxygens (including phenoxy) is 8. The first-order valence-corrected chi connectivity index (χ1v) is 35.1. The Morgan fingerprint density at radius 2 is 1.21 bits per heavy atom. The predicted molar refractivity (Wildman–Crippen MR) is 376 cm³/mol. The third-order valence-corrected chi connectivity index (χ3v) is 20.0. The van der Waals surface area contributed by atoms with Crippen LogP contribution in [0.25, 0.3) is 11.1 Å². The van der Waals surface area contributed by atoms with Gasteiger partial charge in [-0.3, -0.25) is 33.6 Å². The largest absolute Gasteiger partial charge is 0.508 e. The Hall–Kier alpha value is -9.90. The highest BCUT2D eigenvalue weighted by molar-refractivity contribution is 6.00. The number of aliphatic hydroxyl groups excluding tert-OH is 6. The molecule has 3 saturated heterocycles. The van der Waals surface area contributed by atoms with Crippen LogP contribution in [0.5, 0.6) is 46.0 Å². The zero-order valence-corrected chi connectivity index (χ0v) is 60.1. The van der Waals surface area contributed by atoms with E-state index in [1.807, 2.05) is 13.8 Å². The van der Waals surface area contributed by atoms with Crippen molar-refractivity contribution in [1.29, 1.82) is 0 Å². The second-order valence-electron chi connectivity index (χ2n) is 29.0. The number of rotatable bonds is 15. The SMILES string of the molecule is CN[C@@H](CC(C)C)C(=O)N[C@H]1C(=O)N[C@@H](CC(N)=O)C(=O)N[C@H]2C(=O)N[C@H]3C(=O)NC(C(=O)NC(C(=O)O)c4cc(O)cc(O)c4-c4cc3ccc4O)[C@@H](O[C@H]3C[C@](C)(N)[C@H](O)[C@H](C)O3)c3ccc(cc3)Oc3cc2cc(c3O[C@H]2O[C@@H](CO)[C@H](O)[C@H](O)[C@@H]2O[C@@H]2C[C@@](C)(N)[C@H](O)[C@@H](C)O2)Oc2ccc(cc2)[C@H]1O. The lowest BCUT2D eigenvalue weighted by atomic mass is 9.86. The van der Waals surface area contributed by atoms with E-state index in [4.69, 9.17) is 55.1 Å². The monoisotopic (exact) mass is 1520 g/mol. The number of carbonyl (C=O) groups is 8. The Morgan fingerprint density at radius 3 is 1.77 bits per heavy atom. The van der Waals surface area contributed by atoms with Crippen LogP contribution in [0.3, 0.4) is 0 Å².